The molecule has 0 saturated carbocycles. The maximum Gasteiger partial charge on any atom is 0.343 e. The standard InChI is InChI=1S/C22H18N2O4/c1-15(25)23-18-11-13-20(14-12-18)28-22(27)17-7-9-19(10-8-17)24-21(26)16-5-3-2-4-6-16/h2-14H,1H3,(H,23,25)(H,24,26). The topological polar surface area (TPSA) is 84.5 Å². The van der Waals surface area contributed by atoms with Gasteiger partial charge >= 0.3 is 5.97 Å². The zero-order valence-electron chi connectivity index (χ0n) is 15.1. The van der Waals surface area contributed by atoms with Gasteiger partial charge in [0, 0.05) is 23.9 Å². The first-order valence-corrected chi connectivity index (χ1v) is 8.57. The Balaban J connectivity index is 1.60. The Labute approximate surface area is 162 Å². The van der Waals surface area contributed by atoms with Crippen LogP contribution in [-0.4, -0.2) is 17.8 Å². The minimum atomic E-state index is -0.520. The van der Waals surface area contributed by atoms with Crippen molar-refractivity contribution in [1.82, 2.24) is 0 Å². The van der Waals surface area contributed by atoms with E-state index in [0.717, 1.165) is 0 Å². The molecule has 28 heavy (non-hydrogen) atoms. The molecule has 6 heteroatoms. The van der Waals surface area contributed by atoms with E-state index >= 15 is 0 Å². The molecule has 3 rings (SSSR count). The van der Waals surface area contributed by atoms with Crippen molar-refractivity contribution in [2.24, 2.45) is 0 Å². The number of nitrogens with one attached hydrogen (secondary N) is 2. The number of carbonyl (C=O) groups excluding carboxylic acids is 3. The van der Waals surface area contributed by atoms with E-state index in [4.69, 9.17) is 4.74 Å². The fourth-order valence-electron chi connectivity index (χ4n) is 2.46. The lowest BCUT2D eigenvalue weighted by molar-refractivity contribution is -0.114. The lowest BCUT2D eigenvalue weighted by atomic mass is 10.2. The first-order valence-electron chi connectivity index (χ1n) is 8.57. The number of rotatable bonds is 5. The quantitative estimate of drug-likeness (QED) is 0.520. The van der Waals surface area contributed by atoms with Gasteiger partial charge in [0.2, 0.25) is 5.91 Å². The monoisotopic (exact) mass is 374 g/mol. The molecule has 0 aromatic heterocycles. The molecule has 140 valence electrons. The van der Waals surface area contributed by atoms with Gasteiger partial charge < -0.3 is 15.4 Å². The van der Waals surface area contributed by atoms with Crippen LogP contribution in [0.15, 0.2) is 78.9 Å². The van der Waals surface area contributed by atoms with Crippen molar-refractivity contribution in [3.05, 3.63) is 90.0 Å². The highest BCUT2D eigenvalue weighted by Gasteiger charge is 2.10. The average molecular weight is 374 g/mol. The number of benzene rings is 3. The second-order valence-electron chi connectivity index (χ2n) is 5.99. The highest BCUT2D eigenvalue weighted by atomic mass is 16.5. The van der Waals surface area contributed by atoms with Crippen molar-refractivity contribution < 1.29 is 19.1 Å². The molecule has 0 aliphatic carbocycles. The van der Waals surface area contributed by atoms with Gasteiger partial charge in [0.25, 0.3) is 5.91 Å². The first-order chi connectivity index (χ1) is 13.5. The third kappa shape index (κ3) is 5.04. The summed E-state index contributed by atoms with van der Waals surface area (Å²) in [5.41, 5.74) is 2.09. The molecule has 0 atom stereocenters. The number of carbonyl (C=O) groups is 3. The zero-order chi connectivity index (χ0) is 19.9. The molecule has 2 N–H and O–H groups in total. The molecule has 0 unspecified atom stereocenters. The molecule has 3 aromatic rings. The minimum absolute atomic E-state index is 0.177. The summed E-state index contributed by atoms with van der Waals surface area (Å²) in [5, 5.41) is 5.41. The zero-order valence-corrected chi connectivity index (χ0v) is 15.1. The fraction of sp³-hybridized carbons (Fsp3) is 0.0455. The largest absolute Gasteiger partial charge is 0.423 e. The number of ether oxygens (including phenoxy) is 1. The third-order valence-electron chi connectivity index (χ3n) is 3.80. The number of hydrogen-bond acceptors (Lipinski definition) is 4. The van der Waals surface area contributed by atoms with Gasteiger partial charge in [-0.2, -0.15) is 0 Å². The minimum Gasteiger partial charge on any atom is -0.423 e. The molecule has 6 nitrogen and oxygen atoms in total. The Morgan fingerprint density at radius 3 is 1.86 bits per heavy atom. The second kappa shape index (κ2) is 8.64. The average Bonchev–Trinajstić information content (AvgIpc) is 2.70. The Kier molecular flexibility index (Phi) is 5.81. The van der Waals surface area contributed by atoms with E-state index in [2.05, 4.69) is 10.6 Å². The molecule has 0 saturated heterocycles. The van der Waals surface area contributed by atoms with Gasteiger partial charge in [-0.05, 0) is 60.7 Å². The van der Waals surface area contributed by atoms with Gasteiger partial charge in [0.15, 0.2) is 0 Å². The third-order valence-corrected chi connectivity index (χ3v) is 3.80. The van der Waals surface area contributed by atoms with E-state index in [1.54, 1.807) is 72.8 Å². The van der Waals surface area contributed by atoms with Crippen LogP contribution in [-0.2, 0) is 4.79 Å². The maximum atomic E-state index is 12.3. The number of hydrogen-bond donors (Lipinski definition) is 2. The maximum absolute atomic E-state index is 12.3. The Bertz CT molecular complexity index is 981. The van der Waals surface area contributed by atoms with Crippen molar-refractivity contribution in [3.63, 3.8) is 0 Å². The van der Waals surface area contributed by atoms with Crippen molar-refractivity contribution in [2.75, 3.05) is 10.6 Å². The van der Waals surface area contributed by atoms with Gasteiger partial charge in [-0.1, -0.05) is 18.2 Å². The summed E-state index contributed by atoms with van der Waals surface area (Å²) < 4.78 is 5.31. The number of esters is 1. The van der Waals surface area contributed by atoms with Crippen LogP contribution in [0, 0.1) is 0 Å². The van der Waals surface area contributed by atoms with Crippen LogP contribution in [0.4, 0.5) is 11.4 Å². The van der Waals surface area contributed by atoms with Crippen LogP contribution >= 0.6 is 0 Å². The van der Waals surface area contributed by atoms with Crippen LogP contribution in [0.5, 0.6) is 5.75 Å². The highest BCUT2D eigenvalue weighted by molar-refractivity contribution is 6.04. The predicted molar refractivity (Wildman–Crippen MR) is 107 cm³/mol. The summed E-state index contributed by atoms with van der Waals surface area (Å²) in [6.07, 6.45) is 0. The lowest BCUT2D eigenvalue weighted by Gasteiger charge is -2.08. The number of anilines is 2. The van der Waals surface area contributed by atoms with Crippen molar-refractivity contribution in [3.8, 4) is 5.75 Å². The first kappa shape index (κ1) is 18.8. The van der Waals surface area contributed by atoms with Crippen LogP contribution in [0.1, 0.15) is 27.6 Å². The summed E-state index contributed by atoms with van der Waals surface area (Å²) in [6, 6.07) is 21.8. The lowest BCUT2D eigenvalue weighted by Crippen LogP contribution is -2.12. The molecular formula is C22H18N2O4. The van der Waals surface area contributed by atoms with E-state index in [1.807, 2.05) is 6.07 Å². The molecule has 0 aliphatic heterocycles. The van der Waals surface area contributed by atoms with Gasteiger partial charge in [-0.3, -0.25) is 9.59 Å². The van der Waals surface area contributed by atoms with Gasteiger partial charge in [0.05, 0.1) is 5.56 Å². The Hall–Kier alpha value is -3.93. The molecule has 2 amide bonds. The van der Waals surface area contributed by atoms with Crippen LogP contribution in [0.25, 0.3) is 0 Å². The van der Waals surface area contributed by atoms with Crippen molar-refractivity contribution in [2.45, 2.75) is 6.92 Å². The molecule has 3 aromatic carbocycles. The molecule has 0 heterocycles. The SMILES string of the molecule is CC(=O)Nc1ccc(OC(=O)c2ccc(NC(=O)c3ccccc3)cc2)cc1. The smallest absolute Gasteiger partial charge is 0.343 e. The van der Waals surface area contributed by atoms with E-state index in [9.17, 15) is 14.4 Å². The van der Waals surface area contributed by atoms with Crippen LogP contribution < -0.4 is 15.4 Å². The molecule has 0 fully saturated rings. The van der Waals surface area contributed by atoms with Gasteiger partial charge in [0.1, 0.15) is 5.75 Å². The summed E-state index contributed by atoms with van der Waals surface area (Å²) in [6.45, 7) is 1.42. The molecular weight excluding hydrogens is 356 g/mol. The summed E-state index contributed by atoms with van der Waals surface area (Å²) >= 11 is 0. The summed E-state index contributed by atoms with van der Waals surface area (Å²) in [5.74, 6) is -0.562. The predicted octanol–water partition coefficient (Wildman–Crippen LogP) is 4.12. The van der Waals surface area contributed by atoms with E-state index < -0.39 is 5.97 Å². The molecule has 0 bridgehead atoms. The second-order valence-corrected chi connectivity index (χ2v) is 5.99. The van der Waals surface area contributed by atoms with E-state index in [-0.39, 0.29) is 11.8 Å². The van der Waals surface area contributed by atoms with Crippen LogP contribution in [0.3, 0.4) is 0 Å². The fourth-order valence-corrected chi connectivity index (χ4v) is 2.46. The Morgan fingerprint density at radius 2 is 1.25 bits per heavy atom. The van der Waals surface area contributed by atoms with Crippen LogP contribution in [0.2, 0.25) is 0 Å². The molecule has 0 radical (unpaired) electrons. The normalized spacial score (nSPS) is 10.0. The van der Waals surface area contributed by atoms with Gasteiger partial charge in [-0.15, -0.1) is 0 Å². The van der Waals surface area contributed by atoms with Crippen molar-refractivity contribution >= 4 is 29.2 Å². The highest BCUT2D eigenvalue weighted by Crippen LogP contribution is 2.18. The van der Waals surface area contributed by atoms with Crippen molar-refractivity contribution in [1.29, 1.82) is 0 Å². The summed E-state index contributed by atoms with van der Waals surface area (Å²) in [7, 11) is 0. The van der Waals surface area contributed by atoms with E-state index in [0.29, 0.717) is 28.3 Å². The number of amides is 2. The van der Waals surface area contributed by atoms with Gasteiger partial charge in [-0.25, -0.2) is 4.79 Å². The molecule has 0 aliphatic rings. The summed E-state index contributed by atoms with van der Waals surface area (Å²) in [4.78, 5) is 35.4. The Morgan fingerprint density at radius 1 is 0.679 bits per heavy atom. The van der Waals surface area contributed by atoms with E-state index in [1.165, 1.54) is 6.92 Å². The molecule has 0 spiro atoms.